The number of benzene rings is 8. The van der Waals surface area contributed by atoms with Gasteiger partial charge in [-0.15, -0.1) is 11.3 Å². The van der Waals surface area contributed by atoms with Crippen LogP contribution in [0.25, 0.3) is 85.5 Å². The van der Waals surface area contributed by atoms with Crippen molar-refractivity contribution in [3.05, 3.63) is 133 Å². The first-order chi connectivity index (χ1) is 20.2. The van der Waals surface area contributed by atoms with Crippen molar-refractivity contribution in [2.24, 2.45) is 0 Å². The van der Waals surface area contributed by atoms with E-state index in [0.29, 0.717) is 5.56 Å². The summed E-state index contributed by atoms with van der Waals surface area (Å²) in [7, 11) is 0. The number of fused-ring (bicyclic) bond motifs is 4. The summed E-state index contributed by atoms with van der Waals surface area (Å²) >= 11 is 1.78. The SMILES string of the molecule is N#Cc1ccc2sc3ccc(-c4cc5ccc6cc(-c7cccc8ccccc78)cc7ccc(c4)c5c67)cc3c2c1. The highest BCUT2D eigenvalue weighted by molar-refractivity contribution is 7.25. The van der Waals surface area contributed by atoms with E-state index in [1.807, 2.05) is 12.1 Å². The summed E-state index contributed by atoms with van der Waals surface area (Å²) < 4.78 is 2.47. The molecule has 8 aromatic carbocycles. The molecule has 0 bridgehead atoms. The second kappa shape index (κ2) is 8.38. The van der Waals surface area contributed by atoms with Gasteiger partial charge in [-0.05, 0) is 120 Å². The first-order valence-electron chi connectivity index (χ1n) is 13.8. The van der Waals surface area contributed by atoms with Crippen LogP contribution >= 0.6 is 11.3 Å². The monoisotopic (exact) mass is 535 g/mol. The number of hydrogen-bond acceptors (Lipinski definition) is 2. The molecule has 0 fully saturated rings. The summed E-state index contributed by atoms with van der Waals surface area (Å²) in [6, 6.07) is 48.7. The molecule has 1 aromatic heterocycles. The molecule has 0 radical (unpaired) electrons. The third-order valence-electron chi connectivity index (χ3n) is 8.57. The smallest absolute Gasteiger partial charge is 0.0991 e. The first-order valence-corrected chi connectivity index (χ1v) is 14.6. The minimum atomic E-state index is 0.703. The summed E-state index contributed by atoms with van der Waals surface area (Å²) in [6.45, 7) is 0. The van der Waals surface area contributed by atoms with E-state index < -0.39 is 0 Å². The molecular formula is C39H21NS. The predicted octanol–water partition coefficient (Wildman–Crippen LogP) is 11.3. The van der Waals surface area contributed by atoms with Crippen LogP contribution < -0.4 is 0 Å². The van der Waals surface area contributed by atoms with Gasteiger partial charge in [-0.3, -0.25) is 0 Å². The Morgan fingerprint density at radius 1 is 0.439 bits per heavy atom. The standard InChI is InChI=1S/C39H21NS/c40-22-23-8-14-36-34(16-23)35-21-25(13-15-37(35)41-36)30-17-26-9-11-28-19-31(20-29-12-10-27(18-30)38(26)39(28)29)33-7-3-5-24-4-1-2-6-32(24)33/h1-21H. The average molecular weight is 536 g/mol. The van der Waals surface area contributed by atoms with Gasteiger partial charge < -0.3 is 0 Å². The highest BCUT2D eigenvalue weighted by Gasteiger charge is 2.14. The van der Waals surface area contributed by atoms with E-state index >= 15 is 0 Å². The Hall–Kier alpha value is -5.23. The highest BCUT2D eigenvalue weighted by Crippen LogP contribution is 2.42. The van der Waals surface area contributed by atoms with Crippen LogP contribution in [-0.2, 0) is 0 Å². The van der Waals surface area contributed by atoms with E-state index in [4.69, 9.17) is 0 Å². The predicted molar refractivity (Wildman–Crippen MR) is 176 cm³/mol. The van der Waals surface area contributed by atoms with Crippen LogP contribution in [0.5, 0.6) is 0 Å². The largest absolute Gasteiger partial charge is 0.192 e. The summed E-state index contributed by atoms with van der Waals surface area (Å²) in [4.78, 5) is 0. The molecule has 0 atom stereocenters. The van der Waals surface area contributed by atoms with E-state index in [2.05, 4.69) is 121 Å². The Morgan fingerprint density at radius 2 is 1.05 bits per heavy atom. The average Bonchev–Trinajstić information content (AvgIpc) is 3.40. The fraction of sp³-hybridized carbons (Fsp3) is 0. The zero-order chi connectivity index (χ0) is 27.1. The molecular weight excluding hydrogens is 515 g/mol. The van der Waals surface area contributed by atoms with Gasteiger partial charge in [0.25, 0.3) is 0 Å². The molecule has 9 aromatic rings. The van der Waals surface area contributed by atoms with Gasteiger partial charge in [0.15, 0.2) is 0 Å². The molecule has 41 heavy (non-hydrogen) atoms. The number of nitriles is 1. The van der Waals surface area contributed by atoms with Crippen molar-refractivity contribution in [2.75, 3.05) is 0 Å². The number of thiophene rings is 1. The van der Waals surface area contributed by atoms with Crippen molar-refractivity contribution in [3.63, 3.8) is 0 Å². The van der Waals surface area contributed by atoms with Crippen LogP contribution in [0.3, 0.4) is 0 Å². The van der Waals surface area contributed by atoms with Crippen molar-refractivity contribution in [1.82, 2.24) is 0 Å². The molecule has 0 aliphatic rings. The summed E-state index contributed by atoms with van der Waals surface area (Å²) in [5.74, 6) is 0. The lowest BCUT2D eigenvalue weighted by Crippen LogP contribution is -1.88. The van der Waals surface area contributed by atoms with Crippen molar-refractivity contribution < 1.29 is 0 Å². The fourth-order valence-electron chi connectivity index (χ4n) is 6.66. The van der Waals surface area contributed by atoms with E-state index in [0.717, 1.165) is 5.39 Å². The molecule has 0 unspecified atom stereocenters. The quantitative estimate of drug-likeness (QED) is 0.202. The first kappa shape index (κ1) is 22.6. The van der Waals surface area contributed by atoms with Gasteiger partial charge in [0.1, 0.15) is 0 Å². The summed E-state index contributed by atoms with van der Waals surface area (Å²) in [5, 5.41) is 22.1. The fourth-order valence-corrected chi connectivity index (χ4v) is 7.73. The molecule has 0 amide bonds. The third kappa shape index (κ3) is 3.34. The Balaban J connectivity index is 1.23. The van der Waals surface area contributed by atoms with Gasteiger partial charge in [-0.25, -0.2) is 0 Å². The van der Waals surface area contributed by atoms with Gasteiger partial charge >= 0.3 is 0 Å². The van der Waals surface area contributed by atoms with Gasteiger partial charge in [-0.1, -0.05) is 72.8 Å². The lowest BCUT2D eigenvalue weighted by atomic mass is 9.88. The van der Waals surface area contributed by atoms with Crippen LogP contribution in [-0.4, -0.2) is 0 Å². The van der Waals surface area contributed by atoms with E-state index in [-0.39, 0.29) is 0 Å². The van der Waals surface area contributed by atoms with Crippen LogP contribution in [0.1, 0.15) is 5.56 Å². The Labute approximate surface area is 240 Å². The maximum absolute atomic E-state index is 9.44. The van der Waals surface area contributed by atoms with Crippen LogP contribution in [0, 0.1) is 11.3 Å². The van der Waals surface area contributed by atoms with Crippen LogP contribution in [0.4, 0.5) is 0 Å². The zero-order valence-electron chi connectivity index (χ0n) is 22.0. The lowest BCUT2D eigenvalue weighted by molar-refractivity contribution is 1.50. The Bertz CT molecular complexity index is 2470. The molecule has 0 N–H and O–H groups in total. The van der Waals surface area contributed by atoms with Crippen molar-refractivity contribution >= 4 is 74.6 Å². The van der Waals surface area contributed by atoms with Gasteiger partial charge in [0.05, 0.1) is 11.6 Å². The molecule has 2 heteroatoms. The topological polar surface area (TPSA) is 23.8 Å². The van der Waals surface area contributed by atoms with E-state index in [1.54, 1.807) is 11.3 Å². The molecule has 188 valence electrons. The Kier molecular flexibility index (Phi) is 4.62. The second-order valence-electron chi connectivity index (χ2n) is 10.9. The highest BCUT2D eigenvalue weighted by atomic mass is 32.1. The molecule has 0 aliphatic carbocycles. The van der Waals surface area contributed by atoms with Crippen LogP contribution in [0.2, 0.25) is 0 Å². The van der Waals surface area contributed by atoms with E-state index in [1.165, 1.54) is 80.1 Å². The molecule has 0 saturated heterocycles. The maximum Gasteiger partial charge on any atom is 0.0991 e. The van der Waals surface area contributed by atoms with Crippen molar-refractivity contribution in [2.45, 2.75) is 0 Å². The number of rotatable bonds is 2. The van der Waals surface area contributed by atoms with Crippen molar-refractivity contribution in [3.8, 4) is 28.3 Å². The number of hydrogen-bond donors (Lipinski definition) is 0. The minimum absolute atomic E-state index is 0.703. The third-order valence-corrected chi connectivity index (χ3v) is 9.72. The van der Waals surface area contributed by atoms with Crippen molar-refractivity contribution in [1.29, 1.82) is 5.26 Å². The summed E-state index contributed by atoms with van der Waals surface area (Å²) in [6.07, 6.45) is 0. The second-order valence-corrected chi connectivity index (χ2v) is 12.0. The van der Waals surface area contributed by atoms with Gasteiger partial charge in [0.2, 0.25) is 0 Å². The Morgan fingerprint density at radius 3 is 1.76 bits per heavy atom. The van der Waals surface area contributed by atoms with Crippen LogP contribution in [0.15, 0.2) is 127 Å². The molecule has 9 rings (SSSR count). The maximum atomic E-state index is 9.44. The molecule has 0 saturated carbocycles. The molecule has 1 nitrogen and oxygen atoms in total. The minimum Gasteiger partial charge on any atom is -0.192 e. The van der Waals surface area contributed by atoms with Gasteiger partial charge in [0, 0.05) is 20.2 Å². The molecule has 1 heterocycles. The number of nitrogens with zero attached hydrogens (tertiary/aromatic N) is 1. The van der Waals surface area contributed by atoms with Gasteiger partial charge in [-0.2, -0.15) is 5.26 Å². The van der Waals surface area contributed by atoms with E-state index in [9.17, 15) is 5.26 Å². The molecule has 0 spiro atoms. The zero-order valence-corrected chi connectivity index (χ0v) is 22.8. The molecule has 0 aliphatic heterocycles. The normalized spacial score (nSPS) is 11.9. The summed E-state index contributed by atoms with van der Waals surface area (Å²) in [5.41, 5.74) is 5.64. The lowest BCUT2D eigenvalue weighted by Gasteiger charge is -2.15.